The Bertz CT molecular complexity index is 975. The van der Waals surface area contributed by atoms with E-state index in [1.165, 1.54) is 0 Å². The number of hydrogen-bond donors (Lipinski definition) is 2. The summed E-state index contributed by atoms with van der Waals surface area (Å²) >= 11 is 0. The molecule has 4 rings (SSSR count). The molecular formula is C25H28N2O5. The summed E-state index contributed by atoms with van der Waals surface area (Å²) in [5, 5.41) is 11.7. The molecule has 0 bridgehead atoms. The molecular weight excluding hydrogens is 408 g/mol. The van der Waals surface area contributed by atoms with Crippen LogP contribution in [-0.2, 0) is 14.3 Å². The van der Waals surface area contributed by atoms with Gasteiger partial charge in [-0.15, -0.1) is 0 Å². The second-order valence-electron chi connectivity index (χ2n) is 8.47. The van der Waals surface area contributed by atoms with Gasteiger partial charge in [-0.05, 0) is 34.6 Å². The van der Waals surface area contributed by atoms with Crippen molar-refractivity contribution in [1.29, 1.82) is 0 Å². The first-order valence-electron chi connectivity index (χ1n) is 11.1. The summed E-state index contributed by atoms with van der Waals surface area (Å²) in [6.07, 6.45) is 0.605. The molecule has 32 heavy (non-hydrogen) atoms. The van der Waals surface area contributed by atoms with Gasteiger partial charge in [0.05, 0.1) is 6.42 Å². The highest BCUT2D eigenvalue weighted by molar-refractivity contribution is 5.89. The van der Waals surface area contributed by atoms with Crippen LogP contribution >= 0.6 is 0 Å². The first-order valence-corrected chi connectivity index (χ1v) is 11.1. The Labute approximate surface area is 187 Å². The van der Waals surface area contributed by atoms with Gasteiger partial charge in [-0.1, -0.05) is 61.9 Å². The average molecular weight is 437 g/mol. The number of amides is 2. The van der Waals surface area contributed by atoms with E-state index in [1.807, 2.05) is 36.4 Å². The molecule has 2 unspecified atom stereocenters. The summed E-state index contributed by atoms with van der Waals surface area (Å²) in [6.45, 7) is 3.36. The zero-order chi connectivity index (χ0) is 22.7. The van der Waals surface area contributed by atoms with Crippen LogP contribution in [0.4, 0.5) is 4.79 Å². The maximum atomic E-state index is 12.9. The van der Waals surface area contributed by atoms with Crippen molar-refractivity contribution >= 4 is 18.0 Å². The van der Waals surface area contributed by atoms with E-state index in [-0.39, 0.29) is 18.4 Å². The number of carbonyl (C=O) groups excluding carboxylic acids is 2. The van der Waals surface area contributed by atoms with Crippen molar-refractivity contribution in [1.82, 2.24) is 10.2 Å². The number of nitrogens with one attached hydrogen (secondary N) is 1. The maximum absolute atomic E-state index is 12.9. The van der Waals surface area contributed by atoms with Gasteiger partial charge >= 0.3 is 12.1 Å². The Morgan fingerprint density at radius 1 is 1.09 bits per heavy atom. The minimum Gasteiger partial charge on any atom is -0.481 e. The third-order valence-corrected chi connectivity index (χ3v) is 6.49. The van der Waals surface area contributed by atoms with E-state index in [2.05, 4.69) is 24.4 Å². The minimum atomic E-state index is -1.14. The third-order valence-electron chi connectivity index (χ3n) is 6.49. The number of rotatable bonds is 7. The van der Waals surface area contributed by atoms with Crippen LogP contribution in [0.25, 0.3) is 11.1 Å². The maximum Gasteiger partial charge on any atom is 0.407 e. The predicted octanol–water partition coefficient (Wildman–Crippen LogP) is 3.63. The van der Waals surface area contributed by atoms with Gasteiger partial charge in [-0.3, -0.25) is 9.59 Å². The normalized spacial score (nSPS) is 18.0. The summed E-state index contributed by atoms with van der Waals surface area (Å²) in [4.78, 5) is 38.4. The number of carbonyl (C=O) groups is 3. The fraction of sp³-hybridized carbons (Fsp3) is 0.400. The van der Waals surface area contributed by atoms with Crippen molar-refractivity contribution < 1.29 is 24.2 Å². The van der Waals surface area contributed by atoms with Crippen molar-refractivity contribution in [3.8, 4) is 11.1 Å². The summed E-state index contributed by atoms with van der Waals surface area (Å²) in [5.74, 6) is -1.20. The van der Waals surface area contributed by atoms with Gasteiger partial charge in [0.25, 0.3) is 0 Å². The van der Waals surface area contributed by atoms with Gasteiger partial charge in [0.2, 0.25) is 5.91 Å². The first-order chi connectivity index (χ1) is 15.5. The van der Waals surface area contributed by atoms with Gasteiger partial charge in [-0.25, -0.2) is 4.79 Å². The van der Waals surface area contributed by atoms with Gasteiger partial charge < -0.3 is 20.1 Å². The van der Waals surface area contributed by atoms with E-state index in [9.17, 15) is 19.5 Å². The molecule has 2 N–H and O–H groups in total. The lowest BCUT2D eigenvalue weighted by atomic mass is 9.98. The summed E-state index contributed by atoms with van der Waals surface area (Å²) in [5.41, 5.74) is 4.41. The van der Waals surface area contributed by atoms with Crippen LogP contribution < -0.4 is 5.32 Å². The van der Waals surface area contributed by atoms with Crippen LogP contribution in [-0.4, -0.2) is 53.7 Å². The van der Waals surface area contributed by atoms with Crippen molar-refractivity contribution in [2.75, 3.05) is 19.7 Å². The van der Waals surface area contributed by atoms with E-state index >= 15 is 0 Å². The number of alkyl carbamates (subject to hydrolysis) is 1. The SMILES string of the molecule is CCC1CCN(C(=O)C(CC(=O)O)NC(=O)OCC2c3ccccc3-c3ccccc32)C1. The number of carboxylic acid groups (broad SMARTS) is 1. The molecule has 0 aromatic heterocycles. The predicted molar refractivity (Wildman–Crippen MR) is 119 cm³/mol. The highest BCUT2D eigenvalue weighted by atomic mass is 16.5. The van der Waals surface area contributed by atoms with Gasteiger partial charge in [0.15, 0.2) is 0 Å². The van der Waals surface area contributed by atoms with E-state index in [1.54, 1.807) is 4.90 Å². The van der Waals surface area contributed by atoms with Gasteiger partial charge in [0.1, 0.15) is 12.6 Å². The zero-order valence-electron chi connectivity index (χ0n) is 18.1. The van der Waals surface area contributed by atoms with Gasteiger partial charge in [0, 0.05) is 19.0 Å². The quantitative estimate of drug-likeness (QED) is 0.691. The molecule has 2 aromatic carbocycles. The smallest absolute Gasteiger partial charge is 0.407 e. The molecule has 168 valence electrons. The molecule has 1 aliphatic heterocycles. The Morgan fingerprint density at radius 3 is 2.28 bits per heavy atom. The fourth-order valence-electron chi connectivity index (χ4n) is 4.74. The van der Waals surface area contributed by atoms with Crippen molar-refractivity contribution in [3.63, 3.8) is 0 Å². The summed E-state index contributed by atoms with van der Waals surface area (Å²) in [6, 6.07) is 14.9. The van der Waals surface area contributed by atoms with E-state index in [4.69, 9.17) is 4.74 Å². The lowest BCUT2D eigenvalue weighted by Gasteiger charge is -2.23. The lowest BCUT2D eigenvalue weighted by molar-refractivity contribution is -0.142. The minimum absolute atomic E-state index is 0.106. The summed E-state index contributed by atoms with van der Waals surface area (Å²) in [7, 11) is 0. The number of ether oxygens (including phenoxy) is 1. The van der Waals surface area contributed by atoms with Crippen molar-refractivity contribution in [2.45, 2.75) is 38.1 Å². The number of hydrogen-bond acceptors (Lipinski definition) is 4. The van der Waals surface area contributed by atoms with Crippen LogP contribution in [0.2, 0.25) is 0 Å². The molecule has 1 fully saturated rings. The molecule has 0 spiro atoms. The highest BCUT2D eigenvalue weighted by Gasteiger charge is 2.34. The average Bonchev–Trinajstić information content (AvgIpc) is 3.39. The van der Waals surface area contributed by atoms with E-state index in [0.29, 0.717) is 19.0 Å². The van der Waals surface area contributed by atoms with Crippen LogP contribution in [0.15, 0.2) is 48.5 Å². The van der Waals surface area contributed by atoms with Gasteiger partial charge in [-0.2, -0.15) is 0 Å². The number of nitrogens with zero attached hydrogens (tertiary/aromatic N) is 1. The second-order valence-corrected chi connectivity index (χ2v) is 8.47. The molecule has 7 nitrogen and oxygen atoms in total. The van der Waals surface area contributed by atoms with Crippen LogP contribution in [0, 0.1) is 5.92 Å². The Kier molecular flexibility index (Phi) is 6.44. The Morgan fingerprint density at radius 2 is 1.72 bits per heavy atom. The fourth-order valence-corrected chi connectivity index (χ4v) is 4.74. The third kappa shape index (κ3) is 4.47. The van der Waals surface area contributed by atoms with Crippen LogP contribution in [0.3, 0.4) is 0 Å². The molecule has 1 saturated heterocycles. The Hall–Kier alpha value is -3.35. The van der Waals surface area contributed by atoms with Crippen LogP contribution in [0.5, 0.6) is 0 Å². The number of fused-ring (bicyclic) bond motifs is 3. The molecule has 1 heterocycles. The largest absolute Gasteiger partial charge is 0.481 e. The second kappa shape index (κ2) is 9.42. The number of benzene rings is 2. The lowest BCUT2D eigenvalue weighted by Crippen LogP contribution is -2.49. The molecule has 7 heteroatoms. The van der Waals surface area contributed by atoms with E-state index in [0.717, 1.165) is 35.1 Å². The molecule has 0 saturated carbocycles. The monoisotopic (exact) mass is 436 g/mol. The van der Waals surface area contributed by atoms with Crippen molar-refractivity contribution in [3.05, 3.63) is 59.7 Å². The zero-order valence-corrected chi connectivity index (χ0v) is 18.1. The number of aliphatic carboxylic acids is 1. The number of likely N-dealkylation sites (tertiary alicyclic amines) is 1. The summed E-state index contributed by atoms with van der Waals surface area (Å²) < 4.78 is 5.49. The standard InChI is InChI=1S/C25H28N2O5/c1-2-16-11-12-27(14-16)24(30)22(13-23(28)29)26-25(31)32-15-21-19-9-5-3-7-17(19)18-8-4-6-10-20(18)21/h3-10,16,21-22H,2,11-15H2,1H3,(H,26,31)(H,28,29). The number of carboxylic acids is 1. The molecule has 2 aliphatic rings. The first kappa shape index (κ1) is 21.9. The van der Waals surface area contributed by atoms with Crippen molar-refractivity contribution in [2.24, 2.45) is 5.92 Å². The highest BCUT2D eigenvalue weighted by Crippen LogP contribution is 2.44. The molecule has 2 atom stereocenters. The van der Waals surface area contributed by atoms with Crippen LogP contribution in [0.1, 0.15) is 43.2 Å². The van der Waals surface area contributed by atoms with E-state index < -0.39 is 24.5 Å². The topological polar surface area (TPSA) is 95.9 Å². The molecule has 2 amide bonds. The molecule has 1 aliphatic carbocycles. The molecule has 0 radical (unpaired) electrons. The Balaban J connectivity index is 1.42. The molecule has 2 aromatic rings.